The smallest absolute Gasteiger partial charge is 0.340 e. The van der Waals surface area contributed by atoms with Gasteiger partial charge in [-0.2, -0.15) is 0 Å². The Morgan fingerprint density at radius 1 is 1.24 bits per heavy atom. The lowest BCUT2D eigenvalue weighted by Gasteiger charge is -2.16. The fraction of sp³-hybridized carbons (Fsp3) is 0.429. The van der Waals surface area contributed by atoms with Gasteiger partial charge in [-0.25, -0.2) is 13.2 Å². The summed E-state index contributed by atoms with van der Waals surface area (Å²) in [6, 6.07) is 11.3. The van der Waals surface area contributed by atoms with E-state index in [-0.39, 0.29) is 11.5 Å². The van der Waals surface area contributed by atoms with Crippen LogP contribution in [0.2, 0.25) is 0 Å². The quantitative estimate of drug-likeness (QED) is 0.724. The van der Waals surface area contributed by atoms with Gasteiger partial charge in [0, 0.05) is 24.0 Å². The van der Waals surface area contributed by atoms with E-state index in [0.29, 0.717) is 18.5 Å². The molecular weight excluding hydrogens is 392 g/mol. The maximum absolute atomic E-state index is 12.6. The summed E-state index contributed by atoms with van der Waals surface area (Å²) >= 11 is 0. The maximum Gasteiger partial charge on any atom is 0.340 e. The standard InChI is InChI=1S/C21H26N2O5S/c1-14-11-19(15(2)23(14)12-17-7-5-4-6-8-17)21(25)28-16(3)20(24)22-18-9-10-29(26,27)13-18/h4-8,11,16,18H,9-10,12-13H2,1-3H3,(H,22,24)/t16-,18-/m1/s1. The molecule has 8 heteroatoms. The number of carbonyl (C=O) groups excluding carboxylic acids is 2. The lowest BCUT2D eigenvalue weighted by atomic mass is 10.2. The lowest BCUT2D eigenvalue weighted by molar-refractivity contribution is -0.129. The zero-order valence-corrected chi connectivity index (χ0v) is 17.7. The third-order valence-electron chi connectivity index (χ3n) is 5.21. The average molecular weight is 419 g/mol. The van der Waals surface area contributed by atoms with Crippen molar-refractivity contribution in [2.24, 2.45) is 0 Å². The number of aromatic nitrogens is 1. The van der Waals surface area contributed by atoms with Crippen molar-refractivity contribution in [1.29, 1.82) is 0 Å². The SMILES string of the molecule is Cc1cc(C(=O)O[C@H](C)C(=O)N[C@@H]2CCS(=O)(=O)C2)c(C)n1Cc1ccccc1. The third kappa shape index (κ3) is 5.06. The van der Waals surface area contributed by atoms with Crippen molar-refractivity contribution in [1.82, 2.24) is 9.88 Å². The molecule has 2 heterocycles. The number of nitrogens with one attached hydrogen (secondary N) is 1. The largest absolute Gasteiger partial charge is 0.449 e. The second kappa shape index (κ2) is 8.41. The van der Waals surface area contributed by atoms with E-state index < -0.39 is 33.9 Å². The number of esters is 1. The molecular formula is C21H26N2O5S. The Labute approximate surface area is 171 Å². The highest BCUT2D eigenvalue weighted by atomic mass is 32.2. The first kappa shape index (κ1) is 21.1. The summed E-state index contributed by atoms with van der Waals surface area (Å²) in [7, 11) is -3.09. The van der Waals surface area contributed by atoms with E-state index in [1.807, 2.05) is 48.7 Å². The van der Waals surface area contributed by atoms with Crippen LogP contribution in [0.5, 0.6) is 0 Å². The fourth-order valence-corrected chi connectivity index (χ4v) is 5.20. The molecule has 1 aromatic heterocycles. The van der Waals surface area contributed by atoms with Crippen molar-refractivity contribution in [3.05, 3.63) is 58.9 Å². The van der Waals surface area contributed by atoms with Crippen LogP contribution >= 0.6 is 0 Å². The molecule has 29 heavy (non-hydrogen) atoms. The van der Waals surface area contributed by atoms with E-state index in [0.717, 1.165) is 17.0 Å². The van der Waals surface area contributed by atoms with Gasteiger partial charge in [-0.3, -0.25) is 4.79 Å². The number of benzene rings is 1. The van der Waals surface area contributed by atoms with Crippen molar-refractivity contribution in [2.75, 3.05) is 11.5 Å². The van der Waals surface area contributed by atoms with E-state index in [1.54, 1.807) is 6.07 Å². The van der Waals surface area contributed by atoms with Crippen LogP contribution in [0, 0.1) is 13.8 Å². The molecule has 0 aliphatic carbocycles. The van der Waals surface area contributed by atoms with Gasteiger partial charge in [0.2, 0.25) is 0 Å². The summed E-state index contributed by atoms with van der Waals surface area (Å²) in [6.45, 7) is 5.89. The number of carbonyl (C=O) groups is 2. The summed E-state index contributed by atoms with van der Waals surface area (Å²) in [6.07, 6.45) is -0.627. The highest BCUT2D eigenvalue weighted by molar-refractivity contribution is 7.91. The zero-order chi connectivity index (χ0) is 21.2. The third-order valence-corrected chi connectivity index (χ3v) is 6.98. The molecule has 0 radical (unpaired) electrons. The van der Waals surface area contributed by atoms with Gasteiger partial charge in [-0.1, -0.05) is 30.3 Å². The van der Waals surface area contributed by atoms with E-state index in [2.05, 4.69) is 5.32 Å². The molecule has 2 atom stereocenters. The Hall–Kier alpha value is -2.61. The average Bonchev–Trinajstić information content (AvgIpc) is 3.15. The molecule has 1 fully saturated rings. The molecule has 156 valence electrons. The van der Waals surface area contributed by atoms with Crippen molar-refractivity contribution in [3.63, 3.8) is 0 Å². The monoisotopic (exact) mass is 418 g/mol. The first-order chi connectivity index (χ1) is 13.7. The Morgan fingerprint density at radius 3 is 2.55 bits per heavy atom. The van der Waals surface area contributed by atoms with Crippen molar-refractivity contribution in [2.45, 2.75) is 45.9 Å². The van der Waals surface area contributed by atoms with Gasteiger partial charge in [0.05, 0.1) is 17.1 Å². The molecule has 1 aliphatic heterocycles. The van der Waals surface area contributed by atoms with Crippen LogP contribution in [0.3, 0.4) is 0 Å². The van der Waals surface area contributed by atoms with Crippen molar-refractivity contribution >= 4 is 21.7 Å². The lowest BCUT2D eigenvalue weighted by Crippen LogP contribution is -2.42. The molecule has 0 spiro atoms. The number of hydrogen-bond donors (Lipinski definition) is 1. The minimum absolute atomic E-state index is 0.0690. The van der Waals surface area contributed by atoms with Crippen molar-refractivity contribution in [3.8, 4) is 0 Å². The van der Waals surface area contributed by atoms with Gasteiger partial charge in [0.1, 0.15) is 0 Å². The molecule has 0 saturated carbocycles. The number of sulfone groups is 1. The fourth-order valence-electron chi connectivity index (χ4n) is 3.52. The van der Waals surface area contributed by atoms with Gasteiger partial charge < -0.3 is 14.6 Å². The van der Waals surface area contributed by atoms with Crippen LogP contribution in [-0.4, -0.2) is 48.5 Å². The number of hydrogen-bond acceptors (Lipinski definition) is 5. The van der Waals surface area contributed by atoms with E-state index in [1.165, 1.54) is 6.92 Å². The molecule has 0 bridgehead atoms. The van der Waals surface area contributed by atoms with Crippen LogP contribution in [0.4, 0.5) is 0 Å². The predicted octanol–water partition coefficient (Wildman–Crippen LogP) is 2.00. The van der Waals surface area contributed by atoms with Gasteiger partial charge in [-0.15, -0.1) is 0 Å². The topological polar surface area (TPSA) is 94.5 Å². The number of amides is 1. The molecule has 7 nitrogen and oxygen atoms in total. The minimum atomic E-state index is -3.09. The number of nitrogens with zero attached hydrogens (tertiary/aromatic N) is 1. The zero-order valence-electron chi connectivity index (χ0n) is 16.8. The molecule has 2 aromatic rings. The van der Waals surface area contributed by atoms with Gasteiger partial charge in [0.25, 0.3) is 5.91 Å². The van der Waals surface area contributed by atoms with Crippen LogP contribution in [0.15, 0.2) is 36.4 Å². The van der Waals surface area contributed by atoms with Crippen LogP contribution in [-0.2, 0) is 25.9 Å². The maximum atomic E-state index is 12.6. The van der Waals surface area contributed by atoms with Crippen molar-refractivity contribution < 1.29 is 22.7 Å². The first-order valence-corrected chi connectivity index (χ1v) is 11.4. The summed E-state index contributed by atoms with van der Waals surface area (Å²) in [4.78, 5) is 24.9. The summed E-state index contributed by atoms with van der Waals surface area (Å²) in [5.41, 5.74) is 3.23. The molecule has 1 aliphatic rings. The van der Waals surface area contributed by atoms with E-state index in [9.17, 15) is 18.0 Å². The van der Waals surface area contributed by atoms with Crippen LogP contribution in [0.1, 0.15) is 40.7 Å². The highest BCUT2D eigenvalue weighted by Crippen LogP contribution is 2.19. The van der Waals surface area contributed by atoms with E-state index >= 15 is 0 Å². The molecule has 3 rings (SSSR count). The normalized spacial score (nSPS) is 18.9. The van der Waals surface area contributed by atoms with Gasteiger partial charge in [-0.05, 0) is 38.8 Å². The second-order valence-corrected chi connectivity index (χ2v) is 9.74. The summed E-state index contributed by atoms with van der Waals surface area (Å²) in [5, 5.41) is 2.65. The van der Waals surface area contributed by atoms with E-state index in [4.69, 9.17) is 4.74 Å². The predicted molar refractivity (Wildman–Crippen MR) is 110 cm³/mol. The molecule has 1 aromatic carbocycles. The Bertz CT molecular complexity index is 1010. The summed E-state index contributed by atoms with van der Waals surface area (Å²) in [5.74, 6) is -1.06. The minimum Gasteiger partial charge on any atom is -0.449 e. The molecule has 1 N–H and O–H groups in total. The Morgan fingerprint density at radius 2 is 1.93 bits per heavy atom. The number of ether oxygens (including phenoxy) is 1. The molecule has 1 saturated heterocycles. The molecule has 1 amide bonds. The highest BCUT2D eigenvalue weighted by Gasteiger charge is 2.31. The van der Waals surface area contributed by atoms with Gasteiger partial charge in [0.15, 0.2) is 15.9 Å². The van der Waals surface area contributed by atoms with Crippen LogP contribution < -0.4 is 5.32 Å². The Kier molecular flexibility index (Phi) is 6.12. The molecule has 0 unspecified atom stereocenters. The van der Waals surface area contributed by atoms with Crippen LogP contribution in [0.25, 0.3) is 0 Å². The second-order valence-electron chi connectivity index (χ2n) is 7.51. The Balaban J connectivity index is 1.64. The number of aryl methyl sites for hydroxylation is 1. The van der Waals surface area contributed by atoms with Gasteiger partial charge >= 0.3 is 5.97 Å². The number of rotatable bonds is 6. The first-order valence-electron chi connectivity index (χ1n) is 9.58. The summed E-state index contributed by atoms with van der Waals surface area (Å²) < 4.78 is 30.4.